The zero-order valence-corrected chi connectivity index (χ0v) is 6.58. The van der Waals surface area contributed by atoms with E-state index in [0.29, 0.717) is 39.4 Å². The second-order valence-electron chi connectivity index (χ2n) is 1.92. The number of hydrogen-bond donors (Lipinski definition) is 1. The molecule has 0 radical (unpaired) electrons. The zero-order valence-electron chi connectivity index (χ0n) is 6.58. The van der Waals surface area contributed by atoms with Gasteiger partial charge in [-0.2, -0.15) is 5.26 Å². The molecule has 0 aliphatic carbocycles. The molecule has 0 spiro atoms. The SMILES string of the molecule is N#CCCOCCOCCN. The van der Waals surface area contributed by atoms with Crippen molar-refractivity contribution in [1.29, 1.82) is 5.26 Å². The first-order chi connectivity index (χ1) is 5.41. The lowest BCUT2D eigenvalue weighted by Gasteiger charge is -2.01. The van der Waals surface area contributed by atoms with Gasteiger partial charge in [-0.3, -0.25) is 0 Å². The fourth-order valence-electron chi connectivity index (χ4n) is 0.523. The van der Waals surface area contributed by atoms with Crippen molar-refractivity contribution in [3.8, 4) is 6.07 Å². The maximum absolute atomic E-state index is 8.13. The van der Waals surface area contributed by atoms with Crippen molar-refractivity contribution >= 4 is 0 Å². The molecule has 64 valence electrons. The van der Waals surface area contributed by atoms with E-state index in [4.69, 9.17) is 20.5 Å². The largest absolute Gasteiger partial charge is 0.378 e. The number of nitriles is 1. The summed E-state index contributed by atoms with van der Waals surface area (Å²) in [5.74, 6) is 0. The van der Waals surface area contributed by atoms with Crippen LogP contribution in [0.4, 0.5) is 0 Å². The third-order valence-corrected chi connectivity index (χ3v) is 0.992. The summed E-state index contributed by atoms with van der Waals surface area (Å²) in [4.78, 5) is 0. The van der Waals surface area contributed by atoms with Gasteiger partial charge in [-0.1, -0.05) is 0 Å². The predicted octanol–water partition coefficient (Wildman–Crippen LogP) is -0.108. The summed E-state index contributed by atoms with van der Waals surface area (Å²) >= 11 is 0. The Morgan fingerprint density at radius 3 is 2.27 bits per heavy atom. The summed E-state index contributed by atoms with van der Waals surface area (Å²) in [6.07, 6.45) is 0.441. The first kappa shape index (κ1) is 10.4. The zero-order chi connectivity index (χ0) is 8.36. The molecular weight excluding hydrogens is 144 g/mol. The average molecular weight is 158 g/mol. The van der Waals surface area contributed by atoms with Crippen LogP contribution in [0, 0.1) is 11.3 Å². The van der Waals surface area contributed by atoms with Gasteiger partial charge in [0.05, 0.1) is 38.9 Å². The van der Waals surface area contributed by atoms with Gasteiger partial charge in [-0.15, -0.1) is 0 Å². The second kappa shape index (κ2) is 9.37. The summed E-state index contributed by atoms with van der Waals surface area (Å²) < 4.78 is 10.1. The van der Waals surface area contributed by atoms with Crippen LogP contribution in [-0.2, 0) is 9.47 Å². The molecule has 0 rings (SSSR count). The van der Waals surface area contributed by atoms with Crippen molar-refractivity contribution in [3.63, 3.8) is 0 Å². The summed E-state index contributed by atoms with van der Waals surface area (Å²) in [6.45, 7) is 2.70. The van der Waals surface area contributed by atoms with Gasteiger partial charge in [-0.05, 0) is 0 Å². The Morgan fingerprint density at radius 1 is 1.09 bits per heavy atom. The summed E-state index contributed by atoms with van der Waals surface area (Å²) in [7, 11) is 0. The number of rotatable bonds is 7. The van der Waals surface area contributed by atoms with Crippen molar-refractivity contribution in [2.24, 2.45) is 5.73 Å². The molecule has 0 atom stereocenters. The first-order valence-corrected chi connectivity index (χ1v) is 3.64. The van der Waals surface area contributed by atoms with Gasteiger partial charge in [0.2, 0.25) is 0 Å². The minimum absolute atomic E-state index is 0.441. The van der Waals surface area contributed by atoms with Crippen molar-refractivity contribution in [3.05, 3.63) is 0 Å². The smallest absolute Gasteiger partial charge is 0.0701 e. The molecule has 0 aromatic rings. The Bertz CT molecular complexity index is 111. The van der Waals surface area contributed by atoms with Crippen molar-refractivity contribution < 1.29 is 9.47 Å². The molecule has 11 heavy (non-hydrogen) atoms. The number of ether oxygens (including phenoxy) is 2. The van der Waals surface area contributed by atoms with Crippen LogP contribution >= 0.6 is 0 Å². The molecule has 0 amide bonds. The lowest BCUT2D eigenvalue weighted by Crippen LogP contribution is -2.12. The van der Waals surface area contributed by atoms with Crippen molar-refractivity contribution in [2.75, 3.05) is 33.0 Å². The number of nitrogens with zero attached hydrogens (tertiary/aromatic N) is 1. The third kappa shape index (κ3) is 9.37. The van der Waals surface area contributed by atoms with Gasteiger partial charge in [-0.25, -0.2) is 0 Å². The molecule has 0 saturated carbocycles. The van der Waals surface area contributed by atoms with Crippen LogP contribution < -0.4 is 5.73 Å². The van der Waals surface area contributed by atoms with E-state index in [0.717, 1.165) is 0 Å². The van der Waals surface area contributed by atoms with Gasteiger partial charge >= 0.3 is 0 Å². The molecule has 0 aromatic carbocycles. The molecule has 4 heteroatoms. The molecule has 0 fully saturated rings. The Labute approximate surface area is 66.9 Å². The van der Waals surface area contributed by atoms with Crippen LogP contribution in [0.25, 0.3) is 0 Å². The van der Waals surface area contributed by atoms with Gasteiger partial charge in [0, 0.05) is 6.54 Å². The number of hydrogen-bond acceptors (Lipinski definition) is 4. The summed E-state index contributed by atoms with van der Waals surface area (Å²) in [5.41, 5.74) is 5.18. The van der Waals surface area contributed by atoms with Gasteiger partial charge < -0.3 is 15.2 Å². The molecule has 2 N–H and O–H groups in total. The molecule has 0 aliphatic heterocycles. The highest BCUT2D eigenvalue weighted by Crippen LogP contribution is 1.80. The van der Waals surface area contributed by atoms with Crippen molar-refractivity contribution in [1.82, 2.24) is 0 Å². The van der Waals surface area contributed by atoms with Crippen LogP contribution in [-0.4, -0.2) is 33.0 Å². The van der Waals surface area contributed by atoms with E-state index in [-0.39, 0.29) is 0 Å². The number of nitrogens with two attached hydrogens (primary N) is 1. The lowest BCUT2D eigenvalue weighted by atomic mass is 10.5. The lowest BCUT2D eigenvalue weighted by molar-refractivity contribution is 0.0529. The topological polar surface area (TPSA) is 68.3 Å². The molecule has 0 unspecified atom stereocenters. The highest BCUT2D eigenvalue weighted by Gasteiger charge is 1.87. The van der Waals surface area contributed by atoms with E-state index >= 15 is 0 Å². The van der Waals surface area contributed by atoms with Crippen LogP contribution in [0.3, 0.4) is 0 Å². The molecule has 0 bridgehead atoms. The van der Waals surface area contributed by atoms with E-state index in [1.165, 1.54) is 0 Å². The Hall–Kier alpha value is -0.630. The van der Waals surface area contributed by atoms with E-state index < -0.39 is 0 Å². The van der Waals surface area contributed by atoms with Crippen LogP contribution in [0.2, 0.25) is 0 Å². The first-order valence-electron chi connectivity index (χ1n) is 3.64. The molecule has 0 aromatic heterocycles. The van der Waals surface area contributed by atoms with Crippen molar-refractivity contribution in [2.45, 2.75) is 6.42 Å². The van der Waals surface area contributed by atoms with Crippen LogP contribution in [0.5, 0.6) is 0 Å². The van der Waals surface area contributed by atoms with Gasteiger partial charge in [0.15, 0.2) is 0 Å². The van der Waals surface area contributed by atoms with E-state index in [9.17, 15) is 0 Å². The molecule has 0 aliphatic rings. The quantitative estimate of drug-likeness (QED) is 0.525. The molecular formula is C7H14N2O2. The summed E-state index contributed by atoms with van der Waals surface area (Å²) in [5, 5.41) is 8.13. The van der Waals surface area contributed by atoms with Gasteiger partial charge in [0.1, 0.15) is 0 Å². The highest BCUT2D eigenvalue weighted by atomic mass is 16.5. The van der Waals surface area contributed by atoms with Crippen LogP contribution in [0.15, 0.2) is 0 Å². The summed E-state index contributed by atoms with van der Waals surface area (Å²) in [6, 6.07) is 1.98. The average Bonchev–Trinajstić information content (AvgIpc) is 2.03. The maximum atomic E-state index is 8.13. The fraction of sp³-hybridized carbons (Fsp3) is 0.857. The minimum atomic E-state index is 0.441. The van der Waals surface area contributed by atoms with Crippen LogP contribution in [0.1, 0.15) is 6.42 Å². The monoisotopic (exact) mass is 158 g/mol. The Kier molecular flexibility index (Phi) is 8.83. The second-order valence-corrected chi connectivity index (χ2v) is 1.92. The Morgan fingerprint density at radius 2 is 1.73 bits per heavy atom. The molecule has 0 heterocycles. The molecule has 4 nitrogen and oxygen atoms in total. The Balaban J connectivity index is 2.75. The third-order valence-electron chi connectivity index (χ3n) is 0.992. The normalized spacial score (nSPS) is 9.45. The highest BCUT2D eigenvalue weighted by molar-refractivity contribution is 4.66. The van der Waals surface area contributed by atoms with E-state index in [1.807, 2.05) is 6.07 Å². The fourth-order valence-corrected chi connectivity index (χ4v) is 0.523. The maximum Gasteiger partial charge on any atom is 0.0701 e. The minimum Gasteiger partial charge on any atom is -0.378 e. The molecule has 0 saturated heterocycles. The van der Waals surface area contributed by atoms with E-state index in [1.54, 1.807) is 0 Å². The van der Waals surface area contributed by atoms with E-state index in [2.05, 4.69) is 0 Å². The van der Waals surface area contributed by atoms with Gasteiger partial charge in [0.25, 0.3) is 0 Å². The predicted molar refractivity (Wildman–Crippen MR) is 40.9 cm³/mol. The standard InChI is InChI=1S/C7H14N2O2/c8-2-1-4-10-6-7-11-5-3-9/h1,3-7,9H2.